The van der Waals surface area contributed by atoms with E-state index in [1.165, 1.54) is 104 Å². The Morgan fingerprint density at radius 2 is 0.704 bits per heavy atom. The summed E-state index contributed by atoms with van der Waals surface area (Å²) in [6.07, 6.45) is 28.3. The van der Waals surface area contributed by atoms with E-state index >= 15 is 0 Å². The molecule has 6 aliphatic heterocycles. The number of nitrogens with zero attached hydrogens (tertiary/aromatic N) is 22. The number of H-pyrrole nitrogens is 4. The molecule has 0 spiro atoms. The highest BCUT2D eigenvalue weighted by molar-refractivity contribution is 6.33. The van der Waals surface area contributed by atoms with Crippen molar-refractivity contribution in [2.45, 2.75) is 168 Å². The molecule has 4 N–H and O–H groups in total. The summed E-state index contributed by atoms with van der Waals surface area (Å²) in [7, 11) is 4.32. The average molecular weight is 1960 g/mol. The number of aryl methyl sites for hydroxylation is 3. The Kier molecular flexibility index (Phi) is 29.3. The molecule has 8 aromatic heterocycles. The molecule has 6 fully saturated rings. The van der Waals surface area contributed by atoms with Gasteiger partial charge in [-0.05, 0) is 272 Å². The number of rotatable bonds is 18. The van der Waals surface area contributed by atoms with Crippen molar-refractivity contribution in [2.75, 3.05) is 165 Å². The number of fused-ring (bicyclic) bond motifs is 8. The predicted molar refractivity (Wildman–Crippen MR) is 557 cm³/mol. The number of hydrogen-bond acceptors (Lipinski definition) is 24. The van der Waals surface area contributed by atoms with Crippen LogP contribution in [0, 0.1) is 51.4 Å². The van der Waals surface area contributed by atoms with Crippen LogP contribution in [0.2, 0.25) is 10.0 Å². The summed E-state index contributed by atoms with van der Waals surface area (Å²) in [5, 5.41) is 35.9. The van der Waals surface area contributed by atoms with Crippen molar-refractivity contribution in [1.82, 2.24) is 110 Å². The van der Waals surface area contributed by atoms with E-state index in [2.05, 4.69) is 209 Å². The van der Waals surface area contributed by atoms with Crippen LogP contribution < -0.4 is 29.1 Å². The second-order valence-corrected chi connectivity index (χ2v) is 41.5. The molecule has 0 bridgehead atoms. The number of hydrogen-bond donors (Lipinski definition) is 4. The van der Waals surface area contributed by atoms with Crippen LogP contribution in [0.15, 0.2) is 124 Å². The van der Waals surface area contributed by atoms with E-state index in [0.29, 0.717) is 131 Å². The van der Waals surface area contributed by atoms with Crippen molar-refractivity contribution in [3.63, 3.8) is 0 Å². The molecule has 22 rings (SSSR count). The van der Waals surface area contributed by atoms with Crippen LogP contribution in [-0.4, -0.2) is 291 Å². The quantitative estimate of drug-likeness (QED) is 0.0580. The molecule has 12 aromatic rings. The van der Waals surface area contributed by atoms with Gasteiger partial charge in [0.2, 0.25) is 23.6 Å². The Morgan fingerprint density at radius 1 is 0.380 bits per heavy atom. The minimum atomic E-state index is -0.00988. The topological polar surface area (TPSA) is 337 Å². The standard InChI is InChI=1S/2C30H39N7O2.2C24H27ClN6O/c2*1-5-27(38)36-11-13-37(14-12-36)29-23-15-20(3)22(28-19(2)8-9-25-24(28)17-31-34-25)16-26(23)32-30(33-29)39-18-21-7-6-10-35(21)4;1-4-22(32)30-5-7-31(8-6-30)24-17-9-14(2)16(10-20(17)26-13-27-24)23-15(3)19(25)11-21-18(23)12-28-29-21;1-4-21(32)30-5-7-31(8-6-30)24-17-9-14(2)16(11-19(17)26-13-27-24)22-18-12-28-29-20(18)10-15(3)23(22)25/h2*5,8-9,17,20-22H,1,6-7,10-16,18H2,2-4H3,(H,31,34);4,11-14,16H,1,5-10H2,2-3H3,(H,28,29);4,10,12-14,16H,1,5-9,11H2,2-3H3,(H,28,29)/t20-,21+,22-;20-,21-,22-;2*14-,16-/m1111/s1. The molecule has 6 saturated heterocycles. The van der Waals surface area contributed by atoms with Gasteiger partial charge in [0.15, 0.2) is 0 Å². The zero-order valence-electron chi connectivity index (χ0n) is 83.5. The number of carbonyl (C=O) groups excluding carboxylic acids is 4. The number of carbonyl (C=O) groups is 4. The maximum absolute atomic E-state index is 12.2. The van der Waals surface area contributed by atoms with Crippen LogP contribution in [-0.2, 0) is 70.5 Å². The molecule has 32 nitrogen and oxygen atoms in total. The number of piperazine rings is 4. The largest absolute Gasteiger partial charge is 0.462 e. The first-order chi connectivity index (χ1) is 68.8. The SMILES string of the molecule is C=CC(=O)N1CCN(c2nc(OC[C@@H]3CCCN3C)nc3c2C[C@@H](C)[C@H](c2c(C)ccc4[nH]ncc24)C3)CC1.C=CC(=O)N1CCN(c2nc(OC[C@H]3CCCN3C)nc3c2C[C@@H](C)[C@H](c2c(C)ccc4[nH]ncc24)C3)CC1.C=CC(=O)N1CCN(c2ncnc3c2C[C@@H](C)[C@H](c2c(C)c(Cl)cc4[nH]ncc24)C3)CC1.C=CC(=O)N1CCN(c2ncnc3c2C[C@@H](C)[C@H](c2c(Cl)c(C)cc4[nH]ncc24)C3)CC1. The van der Waals surface area contributed by atoms with E-state index in [4.69, 9.17) is 52.6 Å². The number of nitrogens with one attached hydrogen (secondary N) is 4. The van der Waals surface area contributed by atoms with Gasteiger partial charge in [-0.15, -0.1) is 0 Å². The summed E-state index contributed by atoms with van der Waals surface area (Å²) in [4.78, 5) is 108. The number of likely N-dealkylation sites (N-methyl/N-ethyl adjacent to an activating group) is 2. The van der Waals surface area contributed by atoms with E-state index in [1.54, 1.807) is 12.7 Å². The second kappa shape index (κ2) is 42.4. The molecule has 10 atom stereocenters. The summed E-state index contributed by atoms with van der Waals surface area (Å²) in [6, 6.07) is 14.4. The van der Waals surface area contributed by atoms with Crippen molar-refractivity contribution >= 4 is 114 Å². The number of anilines is 4. The lowest BCUT2D eigenvalue weighted by atomic mass is 9.73. The highest BCUT2D eigenvalue weighted by atomic mass is 35.5. The minimum Gasteiger partial charge on any atom is -0.462 e. The first-order valence-corrected chi connectivity index (χ1v) is 51.4. The minimum absolute atomic E-state index is 0.00622. The summed E-state index contributed by atoms with van der Waals surface area (Å²) in [6.45, 7) is 47.1. The average Bonchev–Trinajstić information content (AvgIpc) is 1.29. The molecule has 10 aliphatic rings. The van der Waals surface area contributed by atoms with Gasteiger partial charge >= 0.3 is 12.0 Å². The molecule has 4 aromatic carbocycles. The number of benzene rings is 4. The van der Waals surface area contributed by atoms with Gasteiger partial charge in [0.05, 0.1) is 58.2 Å². The maximum Gasteiger partial charge on any atom is 0.318 e. The molecular formula is C108H132Cl2N26O6. The fraction of sp³-hybridized carbons (Fsp3) is 0.481. The van der Waals surface area contributed by atoms with E-state index < -0.39 is 0 Å². The Labute approximate surface area is 840 Å². The molecule has 14 heterocycles. The van der Waals surface area contributed by atoms with Gasteiger partial charge < -0.3 is 58.5 Å². The lowest BCUT2D eigenvalue weighted by Crippen LogP contribution is -2.49. The Morgan fingerprint density at radius 3 is 1.07 bits per heavy atom. The smallest absolute Gasteiger partial charge is 0.318 e. The van der Waals surface area contributed by atoms with Gasteiger partial charge in [-0.2, -0.15) is 40.3 Å². The first kappa shape index (κ1) is 98.0. The van der Waals surface area contributed by atoms with E-state index in [1.807, 2.05) is 57.4 Å². The van der Waals surface area contributed by atoms with Gasteiger partial charge in [0.1, 0.15) is 49.1 Å². The summed E-state index contributed by atoms with van der Waals surface area (Å²) in [5.41, 5.74) is 23.4. The normalized spacial score (nSPS) is 22.5. The van der Waals surface area contributed by atoms with Crippen LogP contribution in [0.4, 0.5) is 23.3 Å². The zero-order valence-corrected chi connectivity index (χ0v) is 85.0. The first-order valence-electron chi connectivity index (χ1n) is 50.7. The monoisotopic (exact) mass is 1960 g/mol. The second-order valence-electron chi connectivity index (χ2n) is 40.7. The van der Waals surface area contributed by atoms with Gasteiger partial charge in [0.25, 0.3) is 0 Å². The molecule has 4 aliphatic carbocycles. The number of aromatic amines is 4. The van der Waals surface area contributed by atoms with E-state index in [-0.39, 0.29) is 29.5 Å². The molecule has 744 valence electrons. The van der Waals surface area contributed by atoms with Crippen molar-refractivity contribution in [2.24, 2.45) is 23.7 Å². The van der Waals surface area contributed by atoms with Crippen LogP contribution >= 0.6 is 23.2 Å². The van der Waals surface area contributed by atoms with Crippen molar-refractivity contribution in [3.8, 4) is 12.0 Å². The Balaban J connectivity index is 0.000000121. The van der Waals surface area contributed by atoms with Crippen molar-refractivity contribution in [1.29, 1.82) is 0 Å². The van der Waals surface area contributed by atoms with Gasteiger partial charge in [-0.1, -0.05) is 89.3 Å². The summed E-state index contributed by atoms with van der Waals surface area (Å²) >= 11 is 13.4. The summed E-state index contributed by atoms with van der Waals surface area (Å²) < 4.78 is 12.6. The number of amides is 4. The summed E-state index contributed by atoms with van der Waals surface area (Å²) in [5.74, 6) is 6.81. The third-order valence-corrected chi connectivity index (χ3v) is 33.1. The van der Waals surface area contributed by atoms with Gasteiger partial charge in [-0.3, -0.25) is 39.6 Å². The lowest BCUT2D eigenvalue weighted by molar-refractivity contribution is -0.127. The van der Waals surface area contributed by atoms with Crippen LogP contribution in [0.1, 0.15) is 167 Å². The number of ether oxygens (including phenoxy) is 2. The fourth-order valence-electron chi connectivity index (χ4n) is 24.0. The Hall–Kier alpha value is -12.8. The van der Waals surface area contributed by atoms with E-state index in [9.17, 15) is 19.2 Å². The molecule has 4 amide bonds. The number of likely N-dealkylation sites (tertiary alicyclic amines) is 2. The van der Waals surface area contributed by atoms with Gasteiger partial charge in [-0.25, -0.2) is 19.9 Å². The third kappa shape index (κ3) is 19.9. The predicted octanol–water partition coefficient (Wildman–Crippen LogP) is 14.3. The molecular weight excluding hydrogens is 1830 g/mol. The highest BCUT2D eigenvalue weighted by Crippen LogP contribution is 2.50. The number of halogens is 2. The van der Waals surface area contributed by atoms with Crippen LogP contribution in [0.25, 0.3) is 43.6 Å². The molecule has 0 radical (unpaired) electrons. The Bertz CT molecular complexity index is 6340. The fourth-order valence-corrected chi connectivity index (χ4v) is 24.5. The van der Waals surface area contributed by atoms with Crippen molar-refractivity contribution < 1.29 is 28.7 Å². The van der Waals surface area contributed by atoms with E-state index in [0.717, 1.165) is 230 Å². The van der Waals surface area contributed by atoms with Crippen LogP contribution in [0.5, 0.6) is 12.0 Å². The zero-order chi connectivity index (χ0) is 99.0. The molecule has 0 unspecified atom stereocenters. The molecule has 0 saturated carbocycles. The van der Waals surface area contributed by atoms with Gasteiger partial charge in [0, 0.05) is 182 Å². The molecule has 34 heteroatoms. The lowest BCUT2D eigenvalue weighted by Gasteiger charge is -2.38. The highest BCUT2D eigenvalue weighted by Gasteiger charge is 2.42. The number of aromatic nitrogens is 16. The van der Waals surface area contributed by atoms with Crippen molar-refractivity contribution in [3.05, 3.63) is 224 Å². The van der Waals surface area contributed by atoms with Crippen LogP contribution in [0.3, 0.4) is 0 Å². The third-order valence-electron chi connectivity index (χ3n) is 32.2. The molecule has 142 heavy (non-hydrogen) atoms. The maximum atomic E-state index is 12.2.